The fraction of sp³-hybridized carbons (Fsp3) is 0.500. The third-order valence-corrected chi connectivity index (χ3v) is 2.12. The summed E-state index contributed by atoms with van der Waals surface area (Å²) < 4.78 is 35.8. The molecule has 1 aromatic carbocycles. The molecule has 0 aliphatic heterocycles. The number of nitrogens with one attached hydrogen (secondary N) is 1. The minimum atomic E-state index is -0.638. The number of halogens is 2. The molecule has 1 unspecified atom stereocenters. The summed E-state index contributed by atoms with van der Waals surface area (Å²) in [6.07, 6.45) is 0. The van der Waals surface area contributed by atoms with Gasteiger partial charge in [-0.3, -0.25) is 0 Å². The zero-order valence-electron chi connectivity index (χ0n) is 10.0. The minimum absolute atomic E-state index is 0.198. The Morgan fingerprint density at radius 1 is 1.24 bits per heavy atom. The summed E-state index contributed by atoms with van der Waals surface area (Å²) in [4.78, 5) is 0. The van der Waals surface area contributed by atoms with Crippen molar-refractivity contribution in [2.24, 2.45) is 0 Å². The molecule has 0 aromatic heterocycles. The summed E-state index contributed by atoms with van der Waals surface area (Å²) in [5, 5.41) is 3.15. The summed E-state index contributed by atoms with van der Waals surface area (Å²) >= 11 is 0. The summed E-state index contributed by atoms with van der Waals surface area (Å²) in [5.41, 5.74) is 0. The first kappa shape index (κ1) is 13.9. The highest BCUT2D eigenvalue weighted by Gasteiger charge is 2.02. The van der Waals surface area contributed by atoms with Gasteiger partial charge in [0.2, 0.25) is 0 Å². The Hall–Kier alpha value is -1.20. The van der Waals surface area contributed by atoms with E-state index in [0.29, 0.717) is 19.8 Å². The van der Waals surface area contributed by atoms with Crippen LogP contribution in [-0.2, 0) is 4.74 Å². The first-order valence-corrected chi connectivity index (χ1v) is 5.43. The van der Waals surface area contributed by atoms with E-state index in [9.17, 15) is 8.78 Å². The van der Waals surface area contributed by atoms with E-state index >= 15 is 0 Å². The zero-order chi connectivity index (χ0) is 12.7. The molecule has 1 atom stereocenters. The van der Waals surface area contributed by atoms with Gasteiger partial charge in [0.15, 0.2) is 0 Å². The molecule has 0 aliphatic carbocycles. The topological polar surface area (TPSA) is 30.5 Å². The predicted molar refractivity (Wildman–Crippen MR) is 61.2 cm³/mol. The highest BCUT2D eigenvalue weighted by atomic mass is 19.1. The molecule has 5 heteroatoms. The van der Waals surface area contributed by atoms with Crippen LogP contribution in [0.3, 0.4) is 0 Å². The second-order valence-corrected chi connectivity index (χ2v) is 3.76. The van der Waals surface area contributed by atoms with Crippen molar-refractivity contribution in [2.45, 2.75) is 13.0 Å². The lowest BCUT2D eigenvalue weighted by Gasteiger charge is -2.13. The van der Waals surface area contributed by atoms with Crippen molar-refractivity contribution in [3.05, 3.63) is 29.8 Å². The Kier molecular flexibility index (Phi) is 5.86. The third kappa shape index (κ3) is 5.60. The van der Waals surface area contributed by atoms with Crippen LogP contribution < -0.4 is 10.1 Å². The van der Waals surface area contributed by atoms with Gasteiger partial charge in [0, 0.05) is 37.9 Å². The molecule has 17 heavy (non-hydrogen) atoms. The van der Waals surface area contributed by atoms with Crippen LogP contribution in [0.5, 0.6) is 5.75 Å². The average Bonchev–Trinajstić information content (AvgIpc) is 2.23. The van der Waals surface area contributed by atoms with Gasteiger partial charge in [-0.15, -0.1) is 0 Å². The largest absolute Gasteiger partial charge is 0.492 e. The SMILES string of the molecule is COCC(C)NCCOc1cc(F)cc(F)c1. The zero-order valence-corrected chi connectivity index (χ0v) is 10.0. The van der Waals surface area contributed by atoms with Gasteiger partial charge in [-0.2, -0.15) is 0 Å². The molecule has 0 spiro atoms. The van der Waals surface area contributed by atoms with E-state index < -0.39 is 11.6 Å². The molecule has 0 saturated heterocycles. The summed E-state index contributed by atoms with van der Waals surface area (Å²) in [6.45, 7) is 3.51. The lowest BCUT2D eigenvalue weighted by molar-refractivity contribution is 0.169. The van der Waals surface area contributed by atoms with Crippen LogP contribution in [0.1, 0.15) is 6.92 Å². The Labute approximate surface area is 99.7 Å². The van der Waals surface area contributed by atoms with E-state index in [-0.39, 0.29) is 11.8 Å². The maximum Gasteiger partial charge on any atom is 0.129 e. The van der Waals surface area contributed by atoms with Crippen molar-refractivity contribution in [1.29, 1.82) is 0 Å². The predicted octanol–water partition coefficient (Wildman–Crippen LogP) is 1.97. The lowest BCUT2D eigenvalue weighted by atomic mass is 10.3. The Morgan fingerprint density at radius 3 is 2.47 bits per heavy atom. The number of rotatable bonds is 7. The second-order valence-electron chi connectivity index (χ2n) is 3.76. The van der Waals surface area contributed by atoms with Gasteiger partial charge in [-0.1, -0.05) is 0 Å². The van der Waals surface area contributed by atoms with E-state index in [0.717, 1.165) is 18.2 Å². The van der Waals surface area contributed by atoms with Crippen LogP contribution in [-0.4, -0.2) is 32.9 Å². The van der Waals surface area contributed by atoms with Crippen molar-refractivity contribution in [1.82, 2.24) is 5.32 Å². The lowest BCUT2D eigenvalue weighted by Crippen LogP contribution is -2.33. The van der Waals surface area contributed by atoms with Gasteiger partial charge in [-0.25, -0.2) is 8.78 Å². The maximum absolute atomic E-state index is 12.8. The fourth-order valence-electron chi connectivity index (χ4n) is 1.39. The number of hydrogen-bond acceptors (Lipinski definition) is 3. The summed E-state index contributed by atoms with van der Waals surface area (Å²) in [5.74, 6) is -1.08. The Morgan fingerprint density at radius 2 is 1.88 bits per heavy atom. The van der Waals surface area contributed by atoms with Crippen molar-refractivity contribution < 1.29 is 18.3 Å². The number of hydrogen-bond donors (Lipinski definition) is 1. The highest BCUT2D eigenvalue weighted by molar-refractivity contribution is 5.23. The highest BCUT2D eigenvalue weighted by Crippen LogP contribution is 2.14. The van der Waals surface area contributed by atoms with E-state index in [4.69, 9.17) is 9.47 Å². The molecule has 0 heterocycles. The Balaban J connectivity index is 2.26. The minimum Gasteiger partial charge on any atom is -0.492 e. The second kappa shape index (κ2) is 7.19. The molecule has 1 rings (SSSR count). The van der Waals surface area contributed by atoms with Gasteiger partial charge in [0.25, 0.3) is 0 Å². The maximum atomic E-state index is 12.8. The quantitative estimate of drug-likeness (QED) is 0.745. The van der Waals surface area contributed by atoms with Crippen LogP contribution >= 0.6 is 0 Å². The van der Waals surface area contributed by atoms with E-state index in [1.165, 1.54) is 0 Å². The number of benzene rings is 1. The van der Waals surface area contributed by atoms with Crippen LogP contribution in [0, 0.1) is 11.6 Å². The molecule has 0 aliphatic rings. The molecular formula is C12H17F2NO2. The molecule has 0 saturated carbocycles. The van der Waals surface area contributed by atoms with Gasteiger partial charge >= 0.3 is 0 Å². The van der Waals surface area contributed by atoms with E-state index in [1.807, 2.05) is 6.92 Å². The Bertz CT molecular complexity index is 327. The molecule has 0 radical (unpaired) electrons. The fourth-order valence-corrected chi connectivity index (χ4v) is 1.39. The van der Waals surface area contributed by atoms with Gasteiger partial charge in [-0.05, 0) is 6.92 Å². The summed E-state index contributed by atoms with van der Waals surface area (Å²) in [6, 6.07) is 3.34. The van der Waals surface area contributed by atoms with Gasteiger partial charge < -0.3 is 14.8 Å². The molecule has 0 fully saturated rings. The first-order valence-electron chi connectivity index (χ1n) is 5.43. The standard InChI is InChI=1S/C12H17F2NO2/c1-9(8-16-2)15-3-4-17-12-6-10(13)5-11(14)7-12/h5-7,9,15H,3-4,8H2,1-2H3. The van der Waals surface area contributed by atoms with Crippen molar-refractivity contribution in [2.75, 3.05) is 26.9 Å². The van der Waals surface area contributed by atoms with Crippen LogP contribution in [0.2, 0.25) is 0 Å². The van der Waals surface area contributed by atoms with Crippen LogP contribution in [0.15, 0.2) is 18.2 Å². The third-order valence-electron chi connectivity index (χ3n) is 2.12. The average molecular weight is 245 g/mol. The van der Waals surface area contributed by atoms with Crippen LogP contribution in [0.25, 0.3) is 0 Å². The number of methoxy groups -OCH3 is 1. The molecule has 1 N–H and O–H groups in total. The van der Waals surface area contributed by atoms with Crippen molar-refractivity contribution in [3.63, 3.8) is 0 Å². The normalized spacial score (nSPS) is 12.5. The van der Waals surface area contributed by atoms with Crippen LogP contribution in [0.4, 0.5) is 8.78 Å². The van der Waals surface area contributed by atoms with Gasteiger partial charge in [0.1, 0.15) is 24.0 Å². The molecule has 0 amide bonds. The molecule has 0 bridgehead atoms. The molecule has 1 aromatic rings. The van der Waals surface area contributed by atoms with E-state index in [1.54, 1.807) is 7.11 Å². The van der Waals surface area contributed by atoms with E-state index in [2.05, 4.69) is 5.32 Å². The molecule has 96 valence electrons. The van der Waals surface area contributed by atoms with Crippen molar-refractivity contribution in [3.8, 4) is 5.75 Å². The monoisotopic (exact) mass is 245 g/mol. The molecular weight excluding hydrogens is 228 g/mol. The first-order chi connectivity index (χ1) is 8.11. The smallest absolute Gasteiger partial charge is 0.129 e. The van der Waals surface area contributed by atoms with Gasteiger partial charge in [0.05, 0.1) is 6.61 Å². The number of ether oxygens (including phenoxy) is 2. The molecule has 3 nitrogen and oxygen atoms in total. The van der Waals surface area contributed by atoms with Crippen molar-refractivity contribution >= 4 is 0 Å². The summed E-state index contributed by atoms with van der Waals surface area (Å²) in [7, 11) is 1.63.